The van der Waals surface area contributed by atoms with E-state index < -0.39 is 11.6 Å². The Morgan fingerprint density at radius 1 is 1.03 bits per heavy atom. The first-order valence-corrected chi connectivity index (χ1v) is 9.87. The standard InChI is InChI=1S/C24H26N4O3/c1-24(2,3)28(23(30)31)15-16-9-11-18(12-10-16)22(29)27-20-13-19(14-26-21(20)25)17-7-5-4-6-8-17/h4-14H,15H2,1-3H3,(H2,25,26)(H,27,29)(H,30,31). The molecule has 0 saturated carbocycles. The molecule has 3 rings (SSSR count). The van der Waals surface area contributed by atoms with Gasteiger partial charge in [-0.1, -0.05) is 42.5 Å². The summed E-state index contributed by atoms with van der Waals surface area (Å²) in [5.41, 5.74) is 8.90. The quantitative estimate of drug-likeness (QED) is 0.548. The molecular formula is C24H26N4O3. The van der Waals surface area contributed by atoms with Crippen molar-refractivity contribution in [2.24, 2.45) is 0 Å². The summed E-state index contributed by atoms with van der Waals surface area (Å²) in [7, 11) is 0. The van der Waals surface area contributed by atoms with Gasteiger partial charge in [0.15, 0.2) is 0 Å². The van der Waals surface area contributed by atoms with Crippen LogP contribution in [0.5, 0.6) is 0 Å². The van der Waals surface area contributed by atoms with Gasteiger partial charge in [-0.3, -0.25) is 9.69 Å². The zero-order valence-corrected chi connectivity index (χ0v) is 17.8. The van der Waals surface area contributed by atoms with Crippen molar-refractivity contribution in [2.45, 2.75) is 32.9 Å². The molecule has 0 fully saturated rings. The summed E-state index contributed by atoms with van der Waals surface area (Å²) in [5, 5.41) is 12.3. The van der Waals surface area contributed by atoms with Crippen LogP contribution in [0, 0.1) is 0 Å². The highest BCUT2D eigenvalue weighted by molar-refractivity contribution is 6.05. The Bertz CT molecular complexity index is 1070. The van der Waals surface area contributed by atoms with Crippen molar-refractivity contribution < 1.29 is 14.7 Å². The molecule has 0 aliphatic rings. The van der Waals surface area contributed by atoms with Gasteiger partial charge in [0.05, 0.1) is 5.69 Å². The maximum Gasteiger partial charge on any atom is 0.408 e. The first-order valence-electron chi connectivity index (χ1n) is 9.87. The molecule has 0 saturated heterocycles. The number of carbonyl (C=O) groups excluding carboxylic acids is 1. The van der Waals surface area contributed by atoms with Crippen LogP contribution in [0.25, 0.3) is 11.1 Å². The van der Waals surface area contributed by atoms with Crippen LogP contribution < -0.4 is 11.1 Å². The Balaban J connectivity index is 1.75. The Labute approximate surface area is 181 Å². The monoisotopic (exact) mass is 418 g/mol. The lowest BCUT2D eigenvalue weighted by molar-refractivity contribution is 0.0953. The molecule has 0 aliphatic heterocycles. The number of pyridine rings is 1. The minimum atomic E-state index is -0.990. The van der Waals surface area contributed by atoms with Gasteiger partial charge >= 0.3 is 6.09 Å². The van der Waals surface area contributed by atoms with Gasteiger partial charge in [-0.2, -0.15) is 0 Å². The zero-order chi connectivity index (χ0) is 22.6. The van der Waals surface area contributed by atoms with E-state index >= 15 is 0 Å². The molecule has 2 amide bonds. The second kappa shape index (κ2) is 8.87. The molecule has 0 radical (unpaired) electrons. The minimum absolute atomic E-state index is 0.229. The van der Waals surface area contributed by atoms with Crippen LogP contribution in [0.2, 0.25) is 0 Å². The fraction of sp³-hybridized carbons (Fsp3) is 0.208. The van der Waals surface area contributed by atoms with Gasteiger partial charge in [-0.05, 0) is 50.1 Å². The number of amides is 2. The van der Waals surface area contributed by atoms with Crippen molar-refractivity contribution in [3.8, 4) is 11.1 Å². The normalized spacial score (nSPS) is 11.1. The van der Waals surface area contributed by atoms with E-state index in [4.69, 9.17) is 5.73 Å². The summed E-state index contributed by atoms with van der Waals surface area (Å²) in [6.07, 6.45) is 0.675. The number of hydrogen-bond donors (Lipinski definition) is 3. The number of nitrogen functional groups attached to an aromatic ring is 1. The van der Waals surface area contributed by atoms with Gasteiger partial charge in [0.1, 0.15) is 5.82 Å². The molecule has 1 aromatic heterocycles. The van der Waals surface area contributed by atoms with Gasteiger partial charge in [0.25, 0.3) is 5.91 Å². The average Bonchev–Trinajstić information content (AvgIpc) is 2.73. The lowest BCUT2D eigenvalue weighted by Crippen LogP contribution is -2.44. The van der Waals surface area contributed by atoms with Crippen molar-refractivity contribution in [1.29, 1.82) is 0 Å². The number of hydrogen-bond acceptors (Lipinski definition) is 4. The number of anilines is 2. The van der Waals surface area contributed by atoms with E-state index in [0.717, 1.165) is 16.7 Å². The summed E-state index contributed by atoms with van der Waals surface area (Å²) in [4.78, 5) is 29.8. The third-order valence-corrected chi connectivity index (χ3v) is 4.87. The summed E-state index contributed by atoms with van der Waals surface area (Å²) in [6.45, 7) is 5.75. The van der Waals surface area contributed by atoms with Crippen LogP contribution in [-0.2, 0) is 6.54 Å². The van der Waals surface area contributed by atoms with Crippen LogP contribution in [0.4, 0.5) is 16.3 Å². The number of aromatic nitrogens is 1. The maximum absolute atomic E-state index is 12.7. The second-order valence-corrected chi connectivity index (χ2v) is 8.21. The third-order valence-electron chi connectivity index (χ3n) is 4.87. The molecule has 7 nitrogen and oxygen atoms in total. The first kappa shape index (κ1) is 21.8. The zero-order valence-electron chi connectivity index (χ0n) is 17.8. The fourth-order valence-corrected chi connectivity index (χ4v) is 3.09. The Kier molecular flexibility index (Phi) is 6.25. The third kappa shape index (κ3) is 5.39. The summed E-state index contributed by atoms with van der Waals surface area (Å²) in [5.74, 6) is -0.0943. The number of carboxylic acid groups (broad SMARTS) is 1. The lowest BCUT2D eigenvalue weighted by Gasteiger charge is -2.33. The molecule has 0 aliphatic carbocycles. The van der Waals surface area contributed by atoms with Crippen molar-refractivity contribution in [3.05, 3.63) is 78.0 Å². The molecule has 0 unspecified atom stereocenters. The Hall–Kier alpha value is -3.87. The number of carbonyl (C=O) groups is 2. The Morgan fingerprint density at radius 3 is 2.26 bits per heavy atom. The average molecular weight is 418 g/mol. The molecule has 7 heteroatoms. The molecule has 31 heavy (non-hydrogen) atoms. The molecule has 0 bridgehead atoms. The van der Waals surface area contributed by atoms with E-state index in [1.54, 1.807) is 36.5 Å². The first-order chi connectivity index (χ1) is 14.6. The Morgan fingerprint density at radius 2 is 1.68 bits per heavy atom. The van der Waals surface area contributed by atoms with E-state index in [1.165, 1.54) is 4.90 Å². The van der Waals surface area contributed by atoms with Crippen molar-refractivity contribution in [1.82, 2.24) is 9.88 Å². The molecule has 3 aromatic rings. The van der Waals surface area contributed by atoms with Gasteiger partial charge in [0, 0.05) is 29.4 Å². The predicted molar refractivity (Wildman–Crippen MR) is 122 cm³/mol. The second-order valence-electron chi connectivity index (χ2n) is 8.21. The summed E-state index contributed by atoms with van der Waals surface area (Å²) >= 11 is 0. The fourth-order valence-electron chi connectivity index (χ4n) is 3.09. The highest BCUT2D eigenvalue weighted by atomic mass is 16.4. The smallest absolute Gasteiger partial charge is 0.408 e. The van der Waals surface area contributed by atoms with Gasteiger partial charge in [-0.15, -0.1) is 0 Å². The maximum atomic E-state index is 12.7. The molecule has 4 N–H and O–H groups in total. The molecule has 2 aromatic carbocycles. The lowest BCUT2D eigenvalue weighted by atomic mass is 10.0. The van der Waals surface area contributed by atoms with E-state index in [2.05, 4.69) is 10.3 Å². The van der Waals surface area contributed by atoms with Crippen molar-refractivity contribution >= 4 is 23.5 Å². The molecule has 0 atom stereocenters. The highest BCUT2D eigenvalue weighted by Gasteiger charge is 2.26. The van der Waals surface area contributed by atoms with Gasteiger partial charge < -0.3 is 16.2 Å². The molecular weight excluding hydrogens is 392 g/mol. The van der Waals surface area contributed by atoms with Crippen LogP contribution >= 0.6 is 0 Å². The summed E-state index contributed by atoms with van der Waals surface area (Å²) in [6, 6.07) is 18.3. The van der Waals surface area contributed by atoms with Crippen LogP contribution in [0.1, 0.15) is 36.7 Å². The largest absolute Gasteiger partial charge is 0.465 e. The predicted octanol–water partition coefficient (Wildman–Crippen LogP) is 4.86. The number of nitrogens with two attached hydrogens (primary N) is 1. The van der Waals surface area contributed by atoms with E-state index in [9.17, 15) is 14.7 Å². The molecule has 0 spiro atoms. The summed E-state index contributed by atoms with van der Waals surface area (Å²) < 4.78 is 0. The minimum Gasteiger partial charge on any atom is -0.465 e. The van der Waals surface area contributed by atoms with E-state index in [1.807, 2.05) is 51.1 Å². The topological polar surface area (TPSA) is 109 Å². The number of nitrogens with zero attached hydrogens (tertiary/aromatic N) is 2. The van der Waals surface area contributed by atoms with Crippen LogP contribution in [0.3, 0.4) is 0 Å². The van der Waals surface area contributed by atoms with Crippen LogP contribution in [0.15, 0.2) is 66.9 Å². The van der Waals surface area contributed by atoms with Crippen molar-refractivity contribution in [3.63, 3.8) is 0 Å². The van der Waals surface area contributed by atoms with Crippen molar-refractivity contribution in [2.75, 3.05) is 11.1 Å². The van der Waals surface area contributed by atoms with Crippen LogP contribution in [-0.4, -0.2) is 32.5 Å². The van der Waals surface area contributed by atoms with Gasteiger partial charge in [0.2, 0.25) is 0 Å². The number of rotatable bonds is 5. The highest BCUT2D eigenvalue weighted by Crippen LogP contribution is 2.25. The SMILES string of the molecule is CC(C)(C)N(Cc1ccc(C(=O)Nc2cc(-c3ccccc3)cnc2N)cc1)C(=O)O. The molecule has 160 valence electrons. The van der Waals surface area contributed by atoms with Gasteiger partial charge in [-0.25, -0.2) is 9.78 Å². The number of benzene rings is 2. The van der Waals surface area contributed by atoms with E-state index in [-0.39, 0.29) is 18.3 Å². The number of nitrogens with one attached hydrogen (secondary N) is 1. The van der Waals surface area contributed by atoms with E-state index in [0.29, 0.717) is 11.3 Å². The molecule has 1 heterocycles.